The lowest BCUT2D eigenvalue weighted by Crippen LogP contribution is -2.24. The fraction of sp³-hybridized carbons (Fsp3) is 0.448. The Labute approximate surface area is 218 Å². The fourth-order valence-electron chi connectivity index (χ4n) is 4.21. The SMILES string of the molecule is C\C=C(/C(C)=C\C(=C(/C)CC)C(O)CC)c1cc2cnc(NC(=O)C3CC3F)cc2nc1C(=O)N(C)C. The minimum Gasteiger partial charge on any atom is -0.388 e. The van der Waals surface area contributed by atoms with Gasteiger partial charge >= 0.3 is 0 Å². The van der Waals surface area contributed by atoms with Crippen molar-refractivity contribution in [3.05, 3.63) is 58.5 Å². The van der Waals surface area contributed by atoms with E-state index in [1.165, 1.54) is 4.90 Å². The molecule has 2 aromatic heterocycles. The summed E-state index contributed by atoms with van der Waals surface area (Å²) in [6, 6.07) is 3.47. The zero-order chi connectivity index (χ0) is 27.4. The van der Waals surface area contributed by atoms with Crippen LogP contribution in [0.25, 0.3) is 16.5 Å². The van der Waals surface area contributed by atoms with Crippen LogP contribution in [0.4, 0.5) is 10.2 Å². The molecule has 1 saturated carbocycles. The molecule has 3 unspecified atom stereocenters. The highest BCUT2D eigenvalue weighted by Gasteiger charge is 2.43. The number of halogens is 1. The second kappa shape index (κ2) is 11.8. The molecule has 2 aromatic rings. The minimum absolute atomic E-state index is 0.228. The Morgan fingerprint density at radius 1 is 1.27 bits per heavy atom. The van der Waals surface area contributed by atoms with Gasteiger partial charge in [0.15, 0.2) is 0 Å². The van der Waals surface area contributed by atoms with E-state index in [0.29, 0.717) is 22.9 Å². The number of rotatable bonds is 9. The normalized spacial score (nSPS) is 19.4. The number of pyridine rings is 2. The zero-order valence-corrected chi connectivity index (χ0v) is 22.7. The predicted octanol–water partition coefficient (Wildman–Crippen LogP) is 5.48. The van der Waals surface area contributed by atoms with Gasteiger partial charge in [-0.3, -0.25) is 9.59 Å². The van der Waals surface area contributed by atoms with Gasteiger partial charge in [0.1, 0.15) is 17.7 Å². The number of carbonyl (C=O) groups excluding carboxylic acids is 2. The highest BCUT2D eigenvalue weighted by Crippen LogP contribution is 2.35. The molecule has 0 aliphatic heterocycles. The van der Waals surface area contributed by atoms with Crippen LogP contribution in [0.5, 0.6) is 0 Å². The van der Waals surface area contributed by atoms with Gasteiger partial charge in [-0.15, -0.1) is 0 Å². The number of anilines is 1. The second-order valence-corrected chi connectivity index (χ2v) is 9.74. The molecule has 0 saturated heterocycles. The van der Waals surface area contributed by atoms with Crippen LogP contribution in [0.2, 0.25) is 0 Å². The quantitative estimate of drug-likeness (QED) is 0.438. The third-order valence-corrected chi connectivity index (χ3v) is 6.75. The van der Waals surface area contributed by atoms with Crippen LogP contribution in [-0.4, -0.2) is 58.2 Å². The van der Waals surface area contributed by atoms with Crippen molar-refractivity contribution in [1.29, 1.82) is 0 Å². The van der Waals surface area contributed by atoms with Crippen LogP contribution >= 0.6 is 0 Å². The van der Waals surface area contributed by atoms with Crippen molar-refractivity contribution < 1.29 is 19.1 Å². The molecule has 2 N–H and O–H groups in total. The van der Waals surface area contributed by atoms with Crippen LogP contribution in [-0.2, 0) is 4.79 Å². The van der Waals surface area contributed by atoms with Crippen LogP contribution < -0.4 is 5.32 Å². The van der Waals surface area contributed by atoms with Gasteiger partial charge in [0, 0.05) is 37.3 Å². The number of carbonyl (C=O) groups is 2. The first-order chi connectivity index (χ1) is 17.5. The van der Waals surface area contributed by atoms with Gasteiger partial charge in [0.05, 0.1) is 17.5 Å². The predicted molar refractivity (Wildman–Crippen MR) is 146 cm³/mol. The molecular weight excluding hydrogens is 471 g/mol. The summed E-state index contributed by atoms with van der Waals surface area (Å²) in [5.74, 6) is -1.04. The molecule has 0 bridgehead atoms. The summed E-state index contributed by atoms with van der Waals surface area (Å²) < 4.78 is 13.3. The van der Waals surface area contributed by atoms with Crippen LogP contribution in [0.15, 0.2) is 47.2 Å². The van der Waals surface area contributed by atoms with Crippen molar-refractivity contribution in [2.75, 3.05) is 19.4 Å². The summed E-state index contributed by atoms with van der Waals surface area (Å²) in [6.45, 7) is 9.88. The minimum atomic E-state index is -1.10. The number of aromatic nitrogens is 2. The van der Waals surface area contributed by atoms with E-state index in [9.17, 15) is 19.1 Å². The Hall–Kier alpha value is -3.39. The molecular formula is C29H37FN4O3. The van der Waals surface area contributed by atoms with E-state index in [1.54, 1.807) is 26.4 Å². The van der Waals surface area contributed by atoms with Gasteiger partial charge in [0.2, 0.25) is 5.91 Å². The fourth-order valence-corrected chi connectivity index (χ4v) is 4.21. The average molecular weight is 509 g/mol. The molecule has 0 radical (unpaired) electrons. The van der Waals surface area contributed by atoms with Gasteiger partial charge in [0.25, 0.3) is 5.91 Å². The van der Waals surface area contributed by atoms with Gasteiger partial charge in [-0.25, -0.2) is 14.4 Å². The molecule has 3 atom stereocenters. The topological polar surface area (TPSA) is 95.4 Å². The number of alkyl halides is 1. The lowest BCUT2D eigenvalue weighted by molar-refractivity contribution is -0.117. The van der Waals surface area contributed by atoms with Crippen LogP contribution in [0.1, 0.15) is 69.9 Å². The maximum Gasteiger partial charge on any atom is 0.272 e. The number of allylic oxidation sites excluding steroid dienone is 4. The molecule has 2 heterocycles. The second-order valence-electron chi connectivity index (χ2n) is 9.74. The summed E-state index contributed by atoms with van der Waals surface area (Å²) in [5, 5.41) is 14.0. The van der Waals surface area contributed by atoms with Crippen molar-refractivity contribution in [2.24, 2.45) is 5.92 Å². The summed E-state index contributed by atoms with van der Waals surface area (Å²) >= 11 is 0. The highest BCUT2D eigenvalue weighted by molar-refractivity contribution is 6.02. The number of fused-ring (bicyclic) bond motifs is 1. The van der Waals surface area contributed by atoms with E-state index in [4.69, 9.17) is 0 Å². The van der Waals surface area contributed by atoms with Gasteiger partial charge in [-0.05, 0) is 62.8 Å². The van der Waals surface area contributed by atoms with E-state index >= 15 is 0 Å². The Morgan fingerprint density at radius 3 is 2.49 bits per heavy atom. The molecule has 1 fully saturated rings. The van der Waals surface area contributed by atoms with E-state index < -0.39 is 24.1 Å². The number of nitrogens with one attached hydrogen (secondary N) is 1. The van der Waals surface area contributed by atoms with Gasteiger partial charge < -0.3 is 15.3 Å². The molecule has 1 aliphatic carbocycles. The first-order valence-electron chi connectivity index (χ1n) is 12.7. The molecule has 0 aromatic carbocycles. The van der Waals surface area contributed by atoms with E-state index in [0.717, 1.165) is 28.7 Å². The maximum atomic E-state index is 13.3. The van der Waals surface area contributed by atoms with Gasteiger partial charge in [-0.2, -0.15) is 0 Å². The first kappa shape index (κ1) is 28.2. The Kier molecular flexibility index (Phi) is 8.97. The van der Waals surface area contributed by atoms with Crippen molar-refractivity contribution in [3.63, 3.8) is 0 Å². The van der Waals surface area contributed by atoms with E-state index in [2.05, 4.69) is 22.2 Å². The molecule has 8 heteroatoms. The number of aliphatic hydroxyl groups excluding tert-OH is 1. The molecule has 0 spiro atoms. The largest absolute Gasteiger partial charge is 0.388 e. The Balaban J connectivity index is 2.12. The van der Waals surface area contributed by atoms with Crippen LogP contribution in [0.3, 0.4) is 0 Å². The summed E-state index contributed by atoms with van der Waals surface area (Å²) in [6.07, 6.45) is 5.48. The molecule has 1 aliphatic rings. The summed E-state index contributed by atoms with van der Waals surface area (Å²) in [7, 11) is 3.33. The molecule has 7 nitrogen and oxygen atoms in total. The number of hydrogen-bond acceptors (Lipinski definition) is 5. The number of amides is 2. The van der Waals surface area contributed by atoms with E-state index in [1.807, 2.05) is 45.9 Å². The monoisotopic (exact) mass is 508 g/mol. The van der Waals surface area contributed by atoms with Crippen LogP contribution in [0, 0.1) is 5.92 Å². The first-order valence-corrected chi connectivity index (χ1v) is 12.7. The van der Waals surface area contributed by atoms with E-state index in [-0.39, 0.29) is 23.8 Å². The highest BCUT2D eigenvalue weighted by atomic mass is 19.1. The van der Waals surface area contributed by atoms with Crippen molar-refractivity contribution in [1.82, 2.24) is 14.9 Å². The van der Waals surface area contributed by atoms with Crippen molar-refractivity contribution in [2.45, 2.75) is 66.2 Å². The maximum absolute atomic E-state index is 13.3. The molecule has 198 valence electrons. The molecule has 3 rings (SSSR count). The number of nitrogens with zero attached hydrogens (tertiary/aromatic N) is 3. The lowest BCUT2D eigenvalue weighted by atomic mass is 9.91. The Morgan fingerprint density at radius 2 is 1.95 bits per heavy atom. The Bertz CT molecular complexity index is 1300. The lowest BCUT2D eigenvalue weighted by Gasteiger charge is -2.19. The zero-order valence-electron chi connectivity index (χ0n) is 22.7. The number of hydrogen-bond donors (Lipinski definition) is 2. The van der Waals surface area contributed by atoms with Gasteiger partial charge in [-0.1, -0.05) is 31.6 Å². The number of aliphatic hydroxyl groups is 1. The third-order valence-electron chi connectivity index (χ3n) is 6.75. The molecule has 37 heavy (non-hydrogen) atoms. The molecule has 2 amide bonds. The standard InChI is InChI=1S/C29H37FN4O3/c1-8-16(4)20(25(35)10-3)11-17(5)19(9-2)21-12-18-15-31-26(33-28(36)22-13-23(22)30)14-24(18)32-27(21)29(37)34(6)7/h9,11-12,14-15,22-23,25,35H,8,10,13H2,1-7H3,(H,31,33,36)/b17-11-,19-9+,20-16-. The van der Waals surface area contributed by atoms with Crippen molar-refractivity contribution in [3.8, 4) is 0 Å². The average Bonchev–Trinajstić information content (AvgIpc) is 3.62. The summed E-state index contributed by atoms with van der Waals surface area (Å²) in [5.41, 5.74) is 5.12. The third kappa shape index (κ3) is 6.31. The van der Waals surface area contributed by atoms with Crippen molar-refractivity contribution >= 4 is 34.1 Å². The summed E-state index contributed by atoms with van der Waals surface area (Å²) in [4.78, 5) is 35.9. The smallest absolute Gasteiger partial charge is 0.272 e.